The predicted octanol–water partition coefficient (Wildman–Crippen LogP) is 1.68. The second kappa shape index (κ2) is 6.14. The van der Waals surface area contributed by atoms with Crippen LogP contribution in [0.25, 0.3) is 0 Å². The van der Waals surface area contributed by atoms with E-state index in [2.05, 4.69) is 26.6 Å². The van der Waals surface area contributed by atoms with Crippen LogP contribution in [0.4, 0.5) is 19.3 Å². The normalized spacial score (nSPS) is 13.4. The Morgan fingerprint density at radius 3 is 2.50 bits per heavy atom. The van der Waals surface area contributed by atoms with Crippen molar-refractivity contribution in [1.82, 2.24) is 5.32 Å². The summed E-state index contributed by atoms with van der Waals surface area (Å²) in [6.45, 7) is 0.406. The molecule has 0 heterocycles. The number of carboxylic acids is 1. The molecule has 1 rings (SSSR count). The molecule has 2 amide bonds. The van der Waals surface area contributed by atoms with E-state index in [0.717, 1.165) is 13.0 Å². The maximum absolute atomic E-state index is 13.3. The van der Waals surface area contributed by atoms with Crippen LogP contribution in [0, 0.1) is 11.6 Å². The van der Waals surface area contributed by atoms with E-state index >= 15 is 0 Å². The molecule has 4 N–H and O–H groups in total. The van der Waals surface area contributed by atoms with Gasteiger partial charge in [-0.3, -0.25) is 0 Å². The maximum atomic E-state index is 13.3. The van der Waals surface area contributed by atoms with Gasteiger partial charge in [0.05, 0.1) is 16.7 Å². The van der Waals surface area contributed by atoms with Gasteiger partial charge in [0, 0.05) is 6.07 Å². The van der Waals surface area contributed by atoms with Crippen molar-refractivity contribution in [2.75, 3.05) is 11.9 Å². The average molecular weight is 353 g/mol. The molecule has 0 spiro atoms. The number of anilines is 1. The zero-order valence-electron chi connectivity index (χ0n) is 10.2. The highest BCUT2D eigenvalue weighted by atomic mass is 79.9. The van der Waals surface area contributed by atoms with Gasteiger partial charge in [-0.05, 0) is 28.9 Å². The first-order chi connectivity index (χ1) is 9.13. The standard InChI is InChI=1S/C11H11BrF2N2O4/c1-11(20,9(17)18)4-15-10(19)16-8-2-5(12)6(13)3-7(8)14/h2-3,20H,4H2,1H3,(H,17,18)(H2,15,16,19). The zero-order valence-corrected chi connectivity index (χ0v) is 11.8. The number of carbonyl (C=O) groups excluding carboxylic acids is 1. The molecular formula is C11H11BrF2N2O4. The summed E-state index contributed by atoms with van der Waals surface area (Å²) in [7, 11) is 0. The Bertz CT molecular complexity index is 551. The topological polar surface area (TPSA) is 98.7 Å². The molecule has 0 bridgehead atoms. The minimum absolute atomic E-state index is 0.0493. The van der Waals surface area contributed by atoms with Crippen LogP contribution in [0.15, 0.2) is 16.6 Å². The van der Waals surface area contributed by atoms with E-state index in [-0.39, 0.29) is 10.2 Å². The molecule has 1 aromatic carbocycles. The summed E-state index contributed by atoms with van der Waals surface area (Å²) in [5.41, 5.74) is -2.45. The summed E-state index contributed by atoms with van der Waals surface area (Å²) >= 11 is 2.83. The first-order valence-electron chi connectivity index (χ1n) is 5.28. The van der Waals surface area contributed by atoms with Gasteiger partial charge in [0.1, 0.15) is 11.6 Å². The van der Waals surface area contributed by atoms with Crippen LogP contribution in [0.5, 0.6) is 0 Å². The van der Waals surface area contributed by atoms with Crippen LogP contribution < -0.4 is 10.6 Å². The van der Waals surface area contributed by atoms with Gasteiger partial charge >= 0.3 is 12.0 Å². The Balaban J connectivity index is 2.68. The lowest BCUT2D eigenvalue weighted by molar-refractivity contribution is -0.155. The van der Waals surface area contributed by atoms with E-state index in [1.807, 2.05) is 0 Å². The minimum Gasteiger partial charge on any atom is -0.479 e. The lowest BCUT2D eigenvalue weighted by atomic mass is 10.1. The molecule has 0 radical (unpaired) electrons. The third-order valence-corrected chi connectivity index (χ3v) is 2.92. The van der Waals surface area contributed by atoms with Crippen LogP contribution >= 0.6 is 15.9 Å². The SMILES string of the molecule is CC(O)(CNC(=O)Nc1cc(Br)c(F)cc1F)C(=O)O. The summed E-state index contributed by atoms with van der Waals surface area (Å²) in [6.07, 6.45) is 0. The number of urea groups is 1. The fourth-order valence-corrected chi connectivity index (χ4v) is 1.46. The number of benzene rings is 1. The molecule has 1 atom stereocenters. The van der Waals surface area contributed by atoms with Crippen LogP contribution in [0.1, 0.15) is 6.92 Å². The second-order valence-electron chi connectivity index (χ2n) is 4.13. The first kappa shape index (κ1) is 16.3. The highest BCUT2D eigenvalue weighted by molar-refractivity contribution is 9.10. The van der Waals surface area contributed by atoms with E-state index in [1.165, 1.54) is 0 Å². The molecule has 0 aliphatic carbocycles. The number of hydrogen-bond acceptors (Lipinski definition) is 3. The van der Waals surface area contributed by atoms with E-state index in [1.54, 1.807) is 0 Å². The van der Waals surface area contributed by atoms with Gasteiger partial charge in [0.25, 0.3) is 0 Å². The Morgan fingerprint density at radius 1 is 1.35 bits per heavy atom. The van der Waals surface area contributed by atoms with Crippen LogP contribution in [-0.4, -0.2) is 34.4 Å². The van der Waals surface area contributed by atoms with Gasteiger partial charge in [-0.15, -0.1) is 0 Å². The van der Waals surface area contributed by atoms with Crippen molar-refractivity contribution < 1.29 is 28.6 Å². The summed E-state index contributed by atoms with van der Waals surface area (Å²) in [6, 6.07) is 0.649. The fourth-order valence-electron chi connectivity index (χ4n) is 1.11. The van der Waals surface area contributed by atoms with Gasteiger partial charge in [-0.2, -0.15) is 0 Å². The molecule has 0 aromatic heterocycles. The number of amides is 2. The smallest absolute Gasteiger partial charge is 0.337 e. The maximum Gasteiger partial charge on any atom is 0.337 e. The molecule has 9 heteroatoms. The predicted molar refractivity (Wildman–Crippen MR) is 69.3 cm³/mol. The Kier molecular flexibility index (Phi) is 5.01. The highest BCUT2D eigenvalue weighted by Gasteiger charge is 2.30. The van der Waals surface area contributed by atoms with Crippen molar-refractivity contribution in [2.45, 2.75) is 12.5 Å². The molecule has 0 saturated carbocycles. The molecule has 0 aliphatic heterocycles. The lowest BCUT2D eigenvalue weighted by Gasteiger charge is -2.18. The quantitative estimate of drug-likeness (QED) is 0.619. The third kappa shape index (κ3) is 4.14. The lowest BCUT2D eigenvalue weighted by Crippen LogP contribution is -2.47. The molecule has 6 nitrogen and oxygen atoms in total. The Labute approximate surface area is 120 Å². The molecule has 0 saturated heterocycles. The number of nitrogens with one attached hydrogen (secondary N) is 2. The van der Waals surface area contributed by atoms with E-state index in [4.69, 9.17) is 5.11 Å². The van der Waals surface area contributed by atoms with Crippen molar-refractivity contribution in [3.05, 3.63) is 28.2 Å². The molecule has 20 heavy (non-hydrogen) atoms. The highest BCUT2D eigenvalue weighted by Crippen LogP contribution is 2.23. The van der Waals surface area contributed by atoms with Gasteiger partial charge in [-0.25, -0.2) is 18.4 Å². The number of aliphatic hydroxyl groups is 1. The van der Waals surface area contributed by atoms with Gasteiger partial charge in [0.2, 0.25) is 0 Å². The Morgan fingerprint density at radius 2 is 1.95 bits per heavy atom. The monoisotopic (exact) mass is 352 g/mol. The number of carboxylic acid groups (broad SMARTS) is 1. The summed E-state index contributed by atoms with van der Waals surface area (Å²) in [5, 5.41) is 22.1. The number of aliphatic carboxylic acids is 1. The molecule has 0 aliphatic rings. The summed E-state index contributed by atoms with van der Waals surface area (Å²) in [4.78, 5) is 22.0. The minimum atomic E-state index is -2.15. The summed E-state index contributed by atoms with van der Waals surface area (Å²) in [5.74, 6) is -3.35. The van der Waals surface area contributed by atoms with Crippen molar-refractivity contribution >= 4 is 33.6 Å². The molecular weight excluding hydrogens is 342 g/mol. The molecule has 110 valence electrons. The third-order valence-electron chi connectivity index (χ3n) is 2.31. The van der Waals surface area contributed by atoms with Crippen LogP contribution in [0.2, 0.25) is 0 Å². The van der Waals surface area contributed by atoms with E-state index in [9.17, 15) is 23.5 Å². The van der Waals surface area contributed by atoms with Crippen molar-refractivity contribution in [3.8, 4) is 0 Å². The Hall–Kier alpha value is -1.74. The number of halogens is 3. The zero-order chi connectivity index (χ0) is 15.5. The van der Waals surface area contributed by atoms with E-state index < -0.39 is 35.8 Å². The fraction of sp³-hybridized carbons (Fsp3) is 0.273. The van der Waals surface area contributed by atoms with Gasteiger partial charge < -0.3 is 20.8 Å². The van der Waals surface area contributed by atoms with Gasteiger partial charge in [0.15, 0.2) is 5.60 Å². The van der Waals surface area contributed by atoms with Crippen LogP contribution in [0.3, 0.4) is 0 Å². The summed E-state index contributed by atoms with van der Waals surface area (Å²) < 4.78 is 26.3. The van der Waals surface area contributed by atoms with Crippen molar-refractivity contribution in [3.63, 3.8) is 0 Å². The number of carbonyl (C=O) groups is 2. The second-order valence-corrected chi connectivity index (χ2v) is 4.99. The van der Waals surface area contributed by atoms with Crippen LogP contribution in [-0.2, 0) is 4.79 Å². The van der Waals surface area contributed by atoms with Gasteiger partial charge in [-0.1, -0.05) is 0 Å². The first-order valence-corrected chi connectivity index (χ1v) is 6.08. The van der Waals surface area contributed by atoms with E-state index in [0.29, 0.717) is 6.07 Å². The number of hydrogen-bond donors (Lipinski definition) is 4. The van der Waals surface area contributed by atoms with Crippen molar-refractivity contribution in [2.24, 2.45) is 0 Å². The average Bonchev–Trinajstić information content (AvgIpc) is 2.33. The largest absolute Gasteiger partial charge is 0.479 e. The molecule has 1 unspecified atom stereocenters. The van der Waals surface area contributed by atoms with Crippen molar-refractivity contribution in [1.29, 1.82) is 0 Å². The molecule has 1 aromatic rings. The number of rotatable bonds is 4. The molecule has 0 fully saturated rings.